The molecular formula is C8H20O4Si. The molecule has 0 heterocycles. The van der Waals surface area contributed by atoms with Crippen molar-refractivity contribution in [2.45, 2.75) is 19.4 Å². The van der Waals surface area contributed by atoms with E-state index in [0.29, 0.717) is 13.2 Å². The van der Waals surface area contributed by atoms with Crippen molar-refractivity contribution in [2.24, 2.45) is 0 Å². The van der Waals surface area contributed by atoms with Crippen LogP contribution in [-0.2, 0) is 18.0 Å². The Hall–Kier alpha value is 0.0569. The van der Waals surface area contributed by atoms with Crippen molar-refractivity contribution in [3.63, 3.8) is 0 Å². The Morgan fingerprint density at radius 2 is 1.62 bits per heavy atom. The van der Waals surface area contributed by atoms with Gasteiger partial charge < -0.3 is 18.0 Å². The summed E-state index contributed by atoms with van der Waals surface area (Å²) in [5, 5.41) is 0. The standard InChI is InChI=1S/C8H20O4Si/c1-5-8-13(10-3,11-4)12-7-6-9-2/h5-8H2,1-4H3. The van der Waals surface area contributed by atoms with E-state index in [-0.39, 0.29) is 0 Å². The maximum Gasteiger partial charge on any atom is 0.500 e. The van der Waals surface area contributed by atoms with E-state index in [1.165, 1.54) is 0 Å². The Bertz CT molecular complexity index is 117. The monoisotopic (exact) mass is 208 g/mol. The molecule has 0 aromatic heterocycles. The largest absolute Gasteiger partial charge is 0.500 e. The van der Waals surface area contributed by atoms with Gasteiger partial charge in [-0.1, -0.05) is 13.3 Å². The molecule has 0 amide bonds. The maximum absolute atomic E-state index is 5.58. The topological polar surface area (TPSA) is 36.9 Å². The Balaban J connectivity index is 3.89. The van der Waals surface area contributed by atoms with Crippen LogP contribution in [-0.4, -0.2) is 43.3 Å². The Morgan fingerprint density at radius 1 is 1.00 bits per heavy atom. The van der Waals surface area contributed by atoms with E-state index in [0.717, 1.165) is 12.5 Å². The minimum absolute atomic E-state index is 0.532. The van der Waals surface area contributed by atoms with Crippen molar-refractivity contribution in [3.05, 3.63) is 0 Å². The summed E-state index contributed by atoms with van der Waals surface area (Å²) in [4.78, 5) is 0. The number of hydrogen-bond donors (Lipinski definition) is 0. The zero-order valence-electron chi connectivity index (χ0n) is 8.96. The highest BCUT2D eigenvalue weighted by Crippen LogP contribution is 2.15. The third-order valence-electron chi connectivity index (χ3n) is 1.79. The zero-order chi connectivity index (χ0) is 10.2. The highest BCUT2D eigenvalue weighted by molar-refractivity contribution is 6.60. The second kappa shape index (κ2) is 7.46. The van der Waals surface area contributed by atoms with Gasteiger partial charge in [0.15, 0.2) is 0 Å². The molecule has 0 bridgehead atoms. The Morgan fingerprint density at radius 3 is 2.00 bits per heavy atom. The summed E-state index contributed by atoms with van der Waals surface area (Å²) >= 11 is 0. The molecule has 0 atom stereocenters. The molecule has 4 nitrogen and oxygen atoms in total. The number of ether oxygens (including phenoxy) is 1. The van der Waals surface area contributed by atoms with Crippen molar-refractivity contribution in [1.29, 1.82) is 0 Å². The van der Waals surface area contributed by atoms with Gasteiger partial charge in [-0.25, -0.2) is 0 Å². The normalized spacial score (nSPS) is 12.0. The lowest BCUT2D eigenvalue weighted by molar-refractivity contribution is 0.0661. The van der Waals surface area contributed by atoms with Crippen LogP contribution in [0.3, 0.4) is 0 Å². The van der Waals surface area contributed by atoms with Gasteiger partial charge in [0.25, 0.3) is 0 Å². The first-order valence-electron chi connectivity index (χ1n) is 4.48. The number of methoxy groups -OCH3 is 1. The average molecular weight is 208 g/mol. The van der Waals surface area contributed by atoms with Gasteiger partial charge in [-0.2, -0.15) is 0 Å². The molecule has 0 unspecified atom stereocenters. The molecule has 0 saturated carbocycles. The fraction of sp³-hybridized carbons (Fsp3) is 1.00. The van der Waals surface area contributed by atoms with Crippen LogP contribution in [0.2, 0.25) is 6.04 Å². The minimum atomic E-state index is -2.36. The molecule has 0 aromatic rings. The lowest BCUT2D eigenvalue weighted by Crippen LogP contribution is -2.44. The summed E-state index contributed by atoms with van der Waals surface area (Å²) in [6, 6.07) is 0.851. The highest BCUT2D eigenvalue weighted by Gasteiger charge is 2.37. The second-order valence-electron chi connectivity index (χ2n) is 2.68. The smallest absolute Gasteiger partial charge is 0.382 e. The summed E-state index contributed by atoms with van der Waals surface area (Å²) in [5.41, 5.74) is 0. The van der Waals surface area contributed by atoms with Crippen molar-refractivity contribution < 1.29 is 18.0 Å². The third-order valence-corrected chi connectivity index (χ3v) is 4.79. The molecule has 5 heteroatoms. The van der Waals surface area contributed by atoms with E-state index in [1.54, 1.807) is 21.3 Å². The average Bonchev–Trinajstić information content (AvgIpc) is 2.17. The van der Waals surface area contributed by atoms with Gasteiger partial charge in [0.1, 0.15) is 0 Å². The molecule has 0 spiro atoms. The molecule has 0 saturated heterocycles. The molecule has 0 aliphatic heterocycles. The van der Waals surface area contributed by atoms with Gasteiger partial charge >= 0.3 is 8.80 Å². The van der Waals surface area contributed by atoms with Crippen LogP contribution >= 0.6 is 0 Å². The molecular weight excluding hydrogens is 188 g/mol. The molecule has 80 valence electrons. The van der Waals surface area contributed by atoms with Crippen LogP contribution in [0.5, 0.6) is 0 Å². The minimum Gasteiger partial charge on any atom is -0.382 e. The SMILES string of the molecule is CCC[Si](OC)(OC)OCCOC. The second-order valence-corrected chi connectivity index (χ2v) is 5.65. The quantitative estimate of drug-likeness (QED) is 0.445. The Kier molecular flexibility index (Phi) is 7.49. The van der Waals surface area contributed by atoms with E-state index >= 15 is 0 Å². The lowest BCUT2D eigenvalue weighted by atomic mass is 10.6. The fourth-order valence-corrected chi connectivity index (χ4v) is 3.03. The van der Waals surface area contributed by atoms with Crippen LogP contribution in [0.15, 0.2) is 0 Å². The molecule has 13 heavy (non-hydrogen) atoms. The summed E-state index contributed by atoms with van der Waals surface area (Å²) in [7, 11) is 2.56. The van der Waals surface area contributed by atoms with E-state index in [1.807, 2.05) is 0 Å². The third kappa shape index (κ3) is 4.73. The predicted molar refractivity (Wildman–Crippen MR) is 52.7 cm³/mol. The molecule has 0 aliphatic rings. The number of hydrogen-bond acceptors (Lipinski definition) is 4. The van der Waals surface area contributed by atoms with E-state index < -0.39 is 8.80 Å². The first kappa shape index (κ1) is 13.1. The summed E-state index contributed by atoms with van der Waals surface area (Å²) in [5.74, 6) is 0. The molecule has 0 radical (unpaired) electrons. The molecule has 0 aromatic carbocycles. The van der Waals surface area contributed by atoms with Crippen LogP contribution < -0.4 is 0 Å². The lowest BCUT2D eigenvalue weighted by Gasteiger charge is -2.25. The van der Waals surface area contributed by atoms with Crippen LogP contribution in [0, 0.1) is 0 Å². The molecule has 0 aliphatic carbocycles. The van der Waals surface area contributed by atoms with Gasteiger partial charge in [-0.05, 0) is 0 Å². The summed E-state index contributed by atoms with van der Waals surface area (Å²) < 4.78 is 21.1. The van der Waals surface area contributed by atoms with Crippen molar-refractivity contribution >= 4 is 8.80 Å². The van der Waals surface area contributed by atoms with Crippen LogP contribution in [0.4, 0.5) is 0 Å². The van der Waals surface area contributed by atoms with Crippen molar-refractivity contribution in [1.82, 2.24) is 0 Å². The van der Waals surface area contributed by atoms with Gasteiger partial charge in [-0.15, -0.1) is 0 Å². The summed E-state index contributed by atoms with van der Waals surface area (Å²) in [6.45, 7) is 3.19. The first-order valence-corrected chi connectivity index (χ1v) is 6.41. The van der Waals surface area contributed by atoms with Gasteiger partial charge in [0, 0.05) is 27.4 Å². The molecule has 0 N–H and O–H groups in total. The van der Waals surface area contributed by atoms with E-state index in [2.05, 4.69) is 6.92 Å². The van der Waals surface area contributed by atoms with E-state index in [4.69, 9.17) is 18.0 Å². The molecule has 0 rings (SSSR count). The maximum atomic E-state index is 5.58. The van der Waals surface area contributed by atoms with Crippen LogP contribution in [0.1, 0.15) is 13.3 Å². The first-order chi connectivity index (χ1) is 6.24. The van der Waals surface area contributed by atoms with Gasteiger partial charge in [-0.3, -0.25) is 0 Å². The van der Waals surface area contributed by atoms with Gasteiger partial charge in [0.05, 0.1) is 13.2 Å². The van der Waals surface area contributed by atoms with Crippen LogP contribution in [0.25, 0.3) is 0 Å². The predicted octanol–water partition coefficient (Wildman–Crippen LogP) is 1.29. The Labute approximate surface area is 81.5 Å². The van der Waals surface area contributed by atoms with Gasteiger partial charge in [0.2, 0.25) is 0 Å². The zero-order valence-corrected chi connectivity index (χ0v) is 9.96. The van der Waals surface area contributed by atoms with E-state index in [9.17, 15) is 0 Å². The number of rotatable bonds is 8. The fourth-order valence-electron chi connectivity index (χ4n) is 1.06. The summed E-state index contributed by atoms with van der Waals surface area (Å²) in [6.07, 6.45) is 1.00. The molecule has 0 fully saturated rings. The van der Waals surface area contributed by atoms with Crippen molar-refractivity contribution in [2.75, 3.05) is 34.5 Å². The van der Waals surface area contributed by atoms with Crippen molar-refractivity contribution in [3.8, 4) is 0 Å². The highest BCUT2D eigenvalue weighted by atomic mass is 28.4.